The molecule has 1 aliphatic heterocycles. The number of halogens is 2. The third-order valence-corrected chi connectivity index (χ3v) is 6.52. The monoisotopic (exact) mass is 489 g/mol. The lowest BCUT2D eigenvalue weighted by molar-refractivity contribution is -0.136. The highest BCUT2D eigenvalue weighted by Crippen LogP contribution is 2.47. The summed E-state index contributed by atoms with van der Waals surface area (Å²) in [6, 6.07) is 18.6. The van der Waals surface area contributed by atoms with Crippen LogP contribution in [0.1, 0.15) is 39.9 Å². The van der Waals surface area contributed by atoms with E-state index in [1.54, 1.807) is 43.3 Å². The number of allylic oxidation sites excluding steroid dienone is 2. The Bertz CT molecular complexity index is 1440. The molecule has 0 radical (unpaired) electrons. The molecule has 0 unspecified atom stereocenters. The van der Waals surface area contributed by atoms with Crippen molar-refractivity contribution >= 4 is 29.1 Å². The molecule has 1 aliphatic carbocycles. The highest BCUT2D eigenvalue weighted by atomic mass is 35.5. The van der Waals surface area contributed by atoms with Crippen LogP contribution in [-0.2, 0) is 16.1 Å². The maximum absolute atomic E-state index is 13.5. The lowest BCUT2D eigenvalue weighted by Gasteiger charge is -2.29. The van der Waals surface area contributed by atoms with Crippen molar-refractivity contribution in [2.45, 2.75) is 19.4 Å². The Morgan fingerprint density at radius 3 is 2.54 bits per heavy atom. The van der Waals surface area contributed by atoms with Crippen LogP contribution in [0.5, 0.6) is 5.75 Å². The van der Waals surface area contributed by atoms with E-state index >= 15 is 0 Å². The summed E-state index contributed by atoms with van der Waals surface area (Å²) in [6.45, 7) is 1.92. The average molecular weight is 490 g/mol. The number of benzene rings is 3. The maximum atomic E-state index is 13.5. The molecular formula is C28H21ClFNO4. The number of carbonyl (C=O) groups is 2. The largest absolute Gasteiger partial charge is 0.487 e. The van der Waals surface area contributed by atoms with E-state index in [1.807, 2.05) is 18.2 Å². The lowest BCUT2D eigenvalue weighted by atomic mass is 9.80. The summed E-state index contributed by atoms with van der Waals surface area (Å²) in [7, 11) is 1.31. The number of nitrogens with one attached hydrogen (secondary N) is 1. The summed E-state index contributed by atoms with van der Waals surface area (Å²) in [5, 5.41) is 3.56. The van der Waals surface area contributed by atoms with Gasteiger partial charge < -0.3 is 14.8 Å². The number of hydrogen-bond acceptors (Lipinski definition) is 5. The first-order valence-electron chi connectivity index (χ1n) is 11.0. The van der Waals surface area contributed by atoms with Gasteiger partial charge in [0.2, 0.25) is 0 Å². The zero-order valence-electron chi connectivity index (χ0n) is 19.0. The molecule has 0 amide bonds. The van der Waals surface area contributed by atoms with E-state index in [4.69, 9.17) is 21.1 Å². The van der Waals surface area contributed by atoms with E-state index in [-0.39, 0.29) is 18.2 Å². The second kappa shape index (κ2) is 9.04. The fourth-order valence-electron chi connectivity index (χ4n) is 4.64. The number of Topliss-reactive ketones (excluding diaryl/α,β-unsaturated/α-hetero) is 1. The van der Waals surface area contributed by atoms with E-state index in [0.29, 0.717) is 50.0 Å². The van der Waals surface area contributed by atoms with Crippen molar-refractivity contribution in [1.29, 1.82) is 0 Å². The second-order valence-electron chi connectivity index (χ2n) is 8.36. The van der Waals surface area contributed by atoms with Gasteiger partial charge >= 0.3 is 5.97 Å². The molecular weight excluding hydrogens is 469 g/mol. The number of methoxy groups -OCH3 is 1. The fourth-order valence-corrected chi connectivity index (χ4v) is 4.89. The number of carbonyl (C=O) groups excluding carboxylic acids is 2. The highest BCUT2D eigenvalue weighted by Gasteiger charge is 2.42. The molecule has 2 aliphatic rings. The van der Waals surface area contributed by atoms with Crippen molar-refractivity contribution in [2.75, 3.05) is 7.11 Å². The van der Waals surface area contributed by atoms with Crippen LogP contribution >= 0.6 is 11.6 Å². The zero-order valence-corrected chi connectivity index (χ0v) is 19.8. The van der Waals surface area contributed by atoms with Gasteiger partial charge in [0.05, 0.1) is 23.4 Å². The van der Waals surface area contributed by atoms with Gasteiger partial charge in [-0.15, -0.1) is 0 Å². The molecule has 0 bridgehead atoms. The summed E-state index contributed by atoms with van der Waals surface area (Å²) in [5.74, 6) is -1.29. The summed E-state index contributed by atoms with van der Waals surface area (Å²) in [4.78, 5) is 26.3. The van der Waals surface area contributed by atoms with Crippen molar-refractivity contribution in [2.24, 2.45) is 0 Å². The van der Waals surface area contributed by atoms with Gasteiger partial charge in [0.15, 0.2) is 5.78 Å². The SMILES string of the molecule is COC(=O)C1=C(C)NC2=C(C(=O)c3ccccc32)[C@H]1c1ccc(OCc2cccc(F)c2)c(Cl)c1. The maximum Gasteiger partial charge on any atom is 0.336 e. The molecule has 1 heterocycles. The molecule has 0 saturated carbocycles. The molecule has 0 aromatic heterocycles. The van der Waals surface area contributed by atoms with Crippen LogP contribution in [0.15, 0.2) is 83.6 Å². The fraction of sp³-hybridized carbons (Fsp3) is 0.143. The van der Waals surface area contributed by atoms with Crippen LogP contribution in [0.4, 0.5) is 4.39 Å². The molecule has 7 heteroatoms. The van der Waals surface area contributed by atoms with E-state index in [9.17, 15) is 14.0 Å². The van der Waals surface area contributed by atoms with Crippen molar-refractivity contribution in [3.63, 3.8) is 0 Å². The van der Waals surface area contributed by atoms with Crippen LogP contribution in [0.3, 0.4) is 0 Å². The molecule has 35 heavy (non-hydrogen) atoms. The Balaban J connectivity index is 1.54. The molecule has 3 aromatic rings. The molecule has 0 spiro atoms. The third-order valence-electron chi connectivity index (χ3n) is 6.23. The standard InChI is InChI=1S/C28H21ClFNO4/c1-15-23(28(33)34-2)24(25-26(31-15)19-8-3-4-9-20(19)27(25)32)17-10-11-22(21(29)13-17)35-14-16-6-5-7-18(30)12-16/h3-13,24,31H,14H2,1-2H3/t24-/m0/s1. The average Bonchev–Trinajstić information content (AvgIpc) is 3.13. The molecule has 0 saturated heterocycles. The van der Waals surface area contributed by atoms with Gasteiger partial charge in [0.1, 0.15) is 18.2 Å². The lowest BCUT2D eigenvalue weighted by Crippen LogP contribution is -2.29. The first-order valence-corrected chi connectivity index (χ1v) is 11.4. The smallest absolute Gasteiger partial charge is 0.336 e. The Labute approximate surface area is 206 Å². The van der Waals surface area contributed by atoms with Crippen LogP contribution in [0, 0.1) is 5.82 Å². The Morgan fingerprint density at radius 1 is 1.06 bits per heavy atom. The van der Waals surface area contributed by atoms with E-state index in [0.717, 1.165) is 5.56 Å². The predicted molar refractivity (Wildman–Crippen MR) is 130 cm³/mol. The predicted octanol–water partition coefficient (Wildman–Crippen LogP) is 5.80. The normalized spacial score (nSPS) is 16.6. The van der Waals surface area contributed by atoms with Crippen molar-refractivity contribution in [3.8, 4) is 5.75 Å². The van der Waals surface area contributed by atoms with Gasteiger partial charge in [0.25, 0.3) is 0 Å². The molecule has 1 N–H and O–H groups in total. The number of esters is 1. The summed E-state index contributed by atoms with van der Waals surface area (Å²) >= 11 is 6.56. The van der Waals surface area contributed by atoms with Gasteiger partial charge in [-0.1, -0.05) is 54.1 Å². The molecule has 1 atom stereocenters. The van der Waals surface area contributed by atoms with Crippen molar-refractivity contribution in [1.82, 2.24) is 5.32 Å². The third kappa shape index (κ3) is 4.00. The Hall–Kier alpha value is -3.90. The van der Waals surface area contributed by atoms with Gasteiger partial charge in [-0.2, -0.15) is 0 Å². The minimum absolute atomic E-state index is 0.139. The van der Waals surface area contributed by atoms with E-state index < -0.39 is 11.9 Å². The van der Waals surface area contributed by atoms with E-state index in [2.05, 4.69) is 5.32 Å². The molecule has 5 rings (SSSR count). The van der Waals surface area contributed by atoms with Gasteiger partial charge in [-0.3, -0.25) is 4.79 Å². The summed E-state index contributed by atoms with van der Waals surface area (Å²) in [5.41, 5.74) is 4.80. The number of dihydropyridines is 1. The number of ether oxygens (including phenoxy) is 2. The number of hydrogen-bond donors (Lipinski definition) is 1. The first-order chi connectivity index (χ1) is 16.9. The minimum atomic E-state index is -0.673. The van der Waals surface area contributed by atoms with Crippen LogP contribution in [0.2, 0.25) is 5.02 Å². The topological polar surface area (TPSA) is 64.6 Å². The van der Waals surface area contributed by atoms with Gasteiger partial charge in [0, 0.05) is 28.3 Å². The van der Waals surface area contributed by atoms with Crippen LogP contribution < -0.4 is 10.1 Å². The zero-order chi connectivity index (χ0) is 24.7. The molecule has 3 aromatic carbocycles. The highest BCUT2D eigenvalue weighted by molar-refractivity contribution is 6.32. The molecule has 5 nitrogen and oxygen atoms in total. The molecule has 0 fully saturated rings. The summed E-state index contributed by atoms with van der Waals surface area (Å²) < 4.78 is 24.3. The number of ketones is 1. The summed E-state index contributed by atoms with van der Waals surface area (Å²) in [6.07, 6.45) is 0. The van der Waals surface area contributed by atoms with Crippen LogP contribution in [-0.4, -0.2) is 18.9 Å². The Kier molecular flexibility index (Phi) is 5.91. The minimum Gasteiger partial charge on any atom is -0.487 e. The Morgan fingerprint density at radius 2 is 1.83 bits per heavy atom. The molecule has 176 valence electrons. The quantitative estimate of drug-likeness (QED) is 0.459. The number of rotatable bonds is 5. The van der Waals surface area contributed by atoms with E-state index in [1.165, 1.54) is 19.2 Å². The number of fused-ring (bicyclic) bond motifs is 2. The van der Waals surface area contributed by atoms with Crippen molar-refractivity contribution in [3.05, 3.63) is 117 Å². The van der Waals surface area contributed by atoms with Gasteiger partial charge in [-0.05, 0) is 42.3 Å². The second-order valence-corrected chi connectivity index (χ2v) is 8.77. The van der Waals surface area contributed by atoms with Crippen molar-refractivity contribution < 1.29 is 23.5 Å². The van der Waals surface area contributed by atoms with Gasteiger partial charge in [-0.25, -0.2) is 9.18 Å². The van der Waals surface area contributed by atoms with Crippen LogP contribution in [0.25, 0.3) is 5.70 Å². The first kappa shape index (κ1) is 22.9.